The molecule has 0 saturated heterocycles. The summed E-state index contributed by atoms with van der Waals surface area (Å²) in [4.78, 5) is -0.220. The molecule has 0 spiro atoms. The normalized spacial score (nSPS) is 11.4. The van der Waals surface area contributed by atoms with Gasteiger partial charge in [-0.1, -0.05) is 6.07 Å². The van der Waals surface area contributed by atoms with Crippen molar-refractivity contribution in [2.24, 2.45) is 0 Å². The van der Waals surface area contributed by atoms with E-state index in [1.54, 1.807) is 13.0 Å². The van der Waals surface area contributed by atoms with E-state index in [1.807, 2.05) is 0 Å². The van der Waals surface area contributed by atoms with Crippen molar-refractivity contribution in [1.82, 2.24) is 10.2 Å². The number of nitrogen functional groups attached to an aromatic ring is 1. The van der Waals surface area contributed by atoms with Gasteiger partial charge in [0.05, 0.1) is 11.9 Å². The van der Waals surface area contributed by atoms with Crippen molar-refractivity contribution in [3.8, 4) is 0 Å². The Morgan fingerprint density at radius 3 is 2.72 bits per heavy atom. The minimum Gasteiger partial charge on any atom is -0.383 e. The Bertz CT molecular complexity index is 681. The fraction of sp³-hybridized carbons (Fsp3) is 0.100. The third kappa shape index (κ3) is 2.28. The fourth-order valence-corrected chi connectivity index (χ4v) is 2.49. The molecule has 6 nitrogen and oxygen atoms in total. The highest BCUT2D eigenvalue weighted by Gasteiger charge is 2.20. The number of rotatable bonds is 3. The molecular formula is C10H11FN4O2S. The van der Waals surface area contributed by atoms with Gasteiger partial charge in [-0.25, -0.2) is 12.8 Å². The van der Waals surface area contributed by atoms with Crippen molar-refractivity contribution in [2.75, 3.05) is 10.5 Å². The van der Waals surface area contributed by atoms with Crippen LogP contribution in [0.25, 0.3) is 0 Å². The van der Waals surface area contributed by atoms with Crippen LogP contribution in [-0.2, 0) is 10.0 Å². The molecule has 2 rings (SSSR count). The number of nitrogens with zero attached hydrogens (tertiary/aromatic N) is 1. The van der Waals surface area contributed by atoms with Crippen molar-refractivity contribution < 1.29 is 12.8 Å². The molecule has 0 aliphatic rings. The summed E-state index contributed by atoms with van der Waals surface area (Å²) in [6, 6.07) is 4.18. The lowest BCUT2D eigenvalue weighted by Gasteiger charge is -2.08. The van der Waals surface area contributed by atoms with Crippen LogP contribution in [0.4, 0.5) is 15.9 Å². The number of H-pyrrole nitrogens is 1. The topological polar surface area (TPSA) is 101 Å². The summed E-state index contributed by atoms with van der Waals surface area (Å²) < 4.78 is 39.5. The number of nitrogens with one attached hydrogen (secondary N) is 2. The Kier molecular flexibility index (Phi) is 2.95. The summed E-state index contributed by atoms with van der Waals surface area (Å²) in [7, 11) is -3.94. The van der Waals surface area contributed by atoms with Crippen LogP contribution in [0.15, 0.2) is 29.3 Å². The Balaban J connectivity index is 2.37. The van der Waals surface area contributed by atoms with Crippen LogP contribution in [0.3, 0.4) is 0 Å². The third-order valence-electron chi connectivity index (χ3n) is 2.29. The molecule has 0 aliphatic heterocycles. The van der Waals surface area contributed by atoms with E-state index < -0.39 is 15.8 Å². The number of hydrogen-bond donors (Lipinski definition) is 3. The van der Waals surface area contributed by atoms with Gasteiger partial charge in [0.15, 0.2) is 0 Å². The predicted molar refractivity (Wildman–Crippen MR) is 64.9 cm³/mol. The van der Waals surface area contributed by atoms with Crippen LogP contribution < -0.4 is 10.5 Å². The van der Waals surface area contributed by atoms with Crippen molar-refractivity contribution in [3.63, 3.8) is 0 Å². The lowest BCUT2D eigenvalue weighted by molar-refractivity contribution is 0.599. The van der Waals surface area contributed by atoms with Gasteiger partial charge >= 0.3 is 0 Å². The first-order valence-corrected chi connectivity index (χ1v) is 6.46. The second kappa shape index (κ2) is 4.30. The highest BCUT2D eigenvalue weighted by molar-refractivity contribution is 7.92. The highest BCUT2D eigenvalue weighted by atomic mass is 32.2. The van der Waals surface area contributed by atoms with Gasteiger partial charge in [-0.15, -0.1) is 0 Å². The van der Waals surface area contributed by atoms with Crippen molar-refractivity contribution in [1.29, 1.82) is 0 Å². The Labute approximate surface area is 103 Å². The zero-order valence-electron chi connectivity index (χ0n) is 9.44. The number of benzene rings is 1. The summed E-state index contributed by atoms with van der Waals surface area (Å²) in [5.74, 6) is -0.754. The smallest absolute Gasteiger partial charge is 0.267 e. The predicted octanol–water partition coefficient (Wildman–Crippen LogP) is 1.24. The maximum atomic E-state index is 13.5. The molecule has 18 heavy (non-hydrogen) atoms. The van der Waals surface area contributed by atoms with Crippen molar-refractivity contribution in [3.05, 3.63) is 35.8 Å². The molecule has 0 radical (unpaired) electrons. The van der Waals surface area contributed by atoms with Gasteiger partial charge in [0, 0.05) is 0 Å². The number of sulfonamides is 1. The van der Waals surface area contributed by atoms with Crippen molar-refractivity contribution >= 4 is 21.5 Å². The molecule has 0 amide bonds. The van der Waals surface area contributed by atoms with E-state index in [0.717, 1.165) is 6.20 Å². The number of hydrogen-bond acceptors (Lipinski definition) is 4. The summed E-state index contributed by atoms with van der Waals surface area (Å²) >= 11 is 0. The number of aryl methyl sites for hydroxylation is 1. The van der Waals surface area contributed by atoms with E-state index in [2.05, 4.69) is 14.9 Å². The van der Waals surface area contributed by atoms with E-state index >= 15 is 0 Å². The van der Waals surface area contributed by atoms with E-state index in [-0.39, 0.29) is 16.4 Å². The van der Waals surface area contributed by atoms with Crippen LogP contribution in [0.5, 0.6) is 0 Å². The molecule has 0 unspecified atom stereocenters. The Morgan fingerprint density at radius 1 is 1.44 bits per heavy atom. The minimum absolute atomic E-state index is 0.102. The number of nitrogens with two attached hydrogens (primary N) is 1. The first kappa shape index (κ1) is 12.4. The fourth-order valence-electron chi connectivity index (χ4n) is 1.40. The van der Waals surface area contributed by atoms with Gasteiger partial charge in [0.25, 0.3) is 10.0 Å². The molecule has 4 N–H and O–H groups in total. The number of aromatic amines is 1. The minimum atomic E-state index is -3.94. The second-order valence-corrected chi connectivity index (χ2v) is 5.39. The molecule has 0 fully saturated rings. The van der Waals surface area contributed by atoms with Crippen LogP contribution >= 0.6 is 0 Å². The van der Waals surface area contributed by atoms with E-state index in [1.165, 1.54) is 12.1 Å². The number of halogens is 1. The lowest BCUT2D eigenvalue weighted by atomic mass is 10.2. The third-order valence-corrected chi connectivity index (χ3v) is 3.68. The molecule has 2 aromatic rings. The maximum Gasteiger partial charge on any atom is 0.267 e. The monoisotopic (exact) mass is 270 g/mol. The van der Waals surface area contributed by atoms with Gasteiger partial charge in [0.1, 0.15) is 16.5 Å². The molecule has 1 aromatic heterocycles. The average Bonchev–Trinajstić information content (AvgIpc) is 2.69. The van der Waals surface area contributed by atoms with Gasteiger partial charge in [-0.05, 0) is 24.6 Å². The van der Waals surface area contributed by atoms with Crippen LogP contribution in [-0.4, -0.2) is 18.6 Å². The van der Waals surface area contributed by atoms with Crippen LogP contribution in [0.2, 0.25) is 0 Å². The zero-order chi connectivity index (χ0) is 13.3. The molecule has 8 heteroatoms. The largest absolute Gasteiger partial charge is 0.383 e. The van der Waals surface area contributed by atoms with Crippen LogP contribution in [0, 0.1) is 12.7 Å². The molecule has 0 atom stereocenters. The summed E-state index contributed by atoms with van der Waals surface area (Å²) in [6.07, 6.45) is 1.06. The molecule has 0 bridgehead atoms. The number of aromatic nitrogens is 2. The molecule has 0 saturated carbocycles. The lowest BCUT2D eigenvalue weighted by Crippen LogP contribution is -2.14. The molecule has 96 valence electrons. The molecule has 1 aromatic carbocycles. The SMILES string of the molecule is Cc1ccc(NS(=O)(=O)c2cn[nH]c2N)c(F)c1. The summed E-state index contributed by atoms with van der Waals surface area (Å²) in [5, 5.41) is 5.80. The van der Waals surface area contributed by atoms with E-state index in [0.29, 0.717) is 5.56 Å². The molecule has 0 aliphatic carbocycles. The Morgan fingerprint density at radius 2 is 2.17 bits per heavy atom. The summed E-state index contributed by atoms with van der Waals surface area (Å²) in [6.45, 7) is 1.70. The number of anilines is 2. The van der Waals surface area contributed by atoms with Crippen LogP contribution in [0.1, 0.15) is 5.56 Å². The van der Waals surface area contributed by atoms with Crippen molar-refractivity contribution in [2.45, 2.75) is 11.8 Å². The van der Waals surface area contributed by atoms with Gasteiger partial charge in [-0.3, -0.25) is 9.82 Å². The molecule has 1 heterocycles. The van der Waals surface area contributed by atoms with Gasteiger partial charge < -0.3 is 5.73 Å². The van der Waals surface area contributed by atoms with Gasteiger partial charge in [0.2, 0.25) is 0 Å². The zero-order valence-corrected chi connectivity index (χ0v) is 10.3. The van der Waals surface area contributed by atoms with E-state index in [4.69, 9.17) is 5.73 Å². The first-order chi connectivity index (χ1) is 8.40. The maximum absolute atomic E-state index is 13.5. The molecular weight excluding hydrogens is 259 g/mol. The average molecular weight is 270 g/mol. The van der Waals surface area contributed by atoms with Gasteiger partial charge in [-0.2, -0.15) is 5.10 Å². The Hall–Kier alpha value is -2.09. The quantitative estimate of drug-likeness (QED) is 0.781. The highest BCUT2D eigenvalue weighted by Crippen LogP contribution is 2.21. The summed E-state index contributed by atoms with van der Waals surface area (Å²) in [5.41, 5.74) is 5.97. The van der Waals surface area contributed by atoms with E-state index in [9.17, 15) is 12.8 Å². The first-order valence-electron chi connectivity index (χ1n) is 4.98. The standard InChI is InChI=1S/C10H11FN4O2S/c1-6-2-3-8(7(11)4-6)15-18(16,17)9-5-13-14-10(9)12/h2-5,15H,1H3,(H3,12,13,14). The second-order valence-electron chi connectivity index (χ2n) is 3.74.